The van der Waals surface area contributed by atoms with Crippen molar-refractivity contribution >= 4 is 39.3 Å². The van der Waals surface area contributed by atoms with Gasteiger partial charge in [-0.15, -0.1) is 0 Å². The lowest BCUT2D eigenvalue weighted by atomic mass is 9.90. The molecule has 2 aromatic heterocycles. The zero-order chi connectivity index (χ0) is 25.9. The number of nitrogens with zero attached hydrogens (tertiary/aromatic N) is 3. The highest BCUT2D eigenvalue weighted by atomic mass is 16.5. The third-order valence-corrected chi connectivity index (χ3v) is 7.20. The second-order valence-corrected chi connectivity index (χ2v) is 9.82. The van der Waals surface area contributed by atoms with Crippen LogP contribution in [-0.2, 0) is 6.54 Å². The largest absolute Gasteiger partial charge is 0.496 e. The van der Waals surface area contributed by atoms with Gasteiger partial charge in [-0.3, -0.25) is 0 Å². The highest BCUT2D eigenvalue weighted by molar-refractivity contribution is 6.09. The van der Waals surface area contributed by atoms with E-state index < -0.39 is 0 Å². The molecule has 2 aromatic carbocycles. The van der Waals surface area contributed by atoms with E-state index in [1.54, 1.807) is 7.11 Å². The average molecular weight is 501 g/mol. The summed E-state index contributed by atoms with van der Waals surface area (Å²) in [6, 6.07) is 14.5. The molecule has 2 heterocycles. The molecule has 37 heavy (non-hydrogen) atoms. The Morgan fingerprint density at radius 2 is 2.05 bits per heavy atom. The van der Waals surface area contributed by atoms with Crippen LogP contribution in [0.15, 0.2) is 48.5 Å². The number of methoxy groups -OCH3 is 1. The lowest BCUT2D eigenvalue weighted by molar-refractivity contribution is 0.268. The molecule has 0 bridgehead atoms. The number of fused-ring (bicyclic) bond motifs is 3. The molecular formula is C29H36N6O2. The Morgan fingerprint density at radius 1 is 1.22 bits per heavy atom. The average Bonchev–Trinajstić information content (AvgIpc) is 3.21. The van der Waals surface area contributed by atoms with Crippen LogP contribution in [0.4, 0.5) is 11.8 Å². The van der Waals surface area contributed by atoms with Crippen molar-refractivity contribution in [3.8, 4) is 5.75 Å². The summed E-state index contributed by atoms with van der Waals surface area (Å²) in [7, 11) is 1.70. The fourth-order valence-electron chi connectivity index (χ4n) is 5.43. The molecule has 194 valence electrons. The van der Waals surface area contributed by atoms with Crippen LogP contribution in [-0.4, -0.2) is 45.4 Å². The van der Waals surface area contributed by atoms with Crippen molar-refractivity contribution in [3.63, 3.8) is 0 Å². The highest BCUT2D eigenvalue weighted by Crippen LogP contribution is 2.36. The van der Waals surface area contributed by atoms with Gasteiger partial charge in [0, 0.05) is 17.0 Å². The Hall–Kier alpha value is -3.62. The number of hydrogen-bond donors (Lipinski definition) is 4. The van der Waals surface area contributed by atoms with Crippen molar-refractivity contribution in [1.82, 2.24) is 14.5 Å². The molecule has 0 radical (unpaired) electrons. The van der Waals surface area contributed by atoms with Crippen LogP contribution in [0, 0.1) is 0 Å². The number of rotatable bonds is 9. The van der Waals surface area contributed by atoms with E-state index in [2.05, 4.69) is 57.1 Å². The zero-order valence-corrected chi connectivity index (χ0v) is 21.6. The van der Waals surface area contributed by atoms with Crippen LogP contribution >= 0.6 is 0 Å². The van der Waals surface area contributed by atoms with Crippen molar-refractivity contribution < 1.29 is 9.84 Å². The number of ether oxygens (including phenoxy) is 1. The first-order chi connectivity index (χ1) is 18.0. The van der Waals surface area contributed by atoms with Crippen molar-refractivity contribution in [2.24, 2.45) is 5.73 Å². The number of aliphatic hydroxyl groups is 1. The summed E-state index contributed by atoms with van der Waals surface area (Å²) >= 11 is 0. The first-order valence-corrected chi connectivity index (χ1v) is 13.1. The minimum Gasteiger partial charge on any atom is -0.496 e. The molecule has 0 saturated heterocycles. The molecule has 8 nitrogen and oxygen atoms in total. The van der Waals surface area contributed by atoms with Crippen LogP contribution in [0.5, 0.6) is 5.75 Å². The normalized spacial score (nSPS) is 16.6. The third kappa shape index (κ3) is 4.99. The van der Waals surface area contributed by atoms with E-state index in [1.807, 2.05) is 18.2 Å². The first kappa shape index (κ1) is 25.0. The maximum atomic E-state index is 9.97. The van der Waals surface area contributed by atoms with Gasteiger partial charge in [-0.25, -0.2) is 4.98 Å². The molecule has 0 amide bonds. The van der Waals surface area contributed by atoms with Crippen molar-refractivity contribution in [2.75, 3.05) is 24.8 Å². The summed E-state index contributed by atoms with van der Waals surface area (Å²) in [4.78, 5) is 9.22. The number of benzene rings is 2. The zero-order valence-electron chi connectivity index (χ0n) is 21.6. The first-order valence-electron chi connectivity index (χ1n) is 13.1. The molecule has 0 fully saturated rings. The molecular weight excluding hydrogens is 464 g/mol. The molecule has 1 aliphatic rings. The predicted molar refractivity (Wildman–Crippen MR) is 151 cm³/mol. The quantitative estimate of drug-likeness (QED) is 0.263. The molecule has 4 aromatic rings. The van der Waals surface area contributed by atoms with Crippen LogP contribution in [0.2, 0.25) is 0 Å². The number of nitrogen functional groups attached to an aromatic ring is 1. The van der Waals surface area contributed by atoms with Gasteiger partial charge in [-0.05, 0) is 55.0 Å². The number of anilines is 2. The summed E-state index contributed by atoms with van der Waals surface area (Å²) in [5.41, 5.74) is 18.6. The summed E-state index contributed by atoms with van der Waals surface area (Å²) in [5.74, 6) is 1.65. The Morgan fingerprint density at radius 3 is 2.81 bits per heavy atom. The maximum absolute atomic E-state index is 9.97. The Balaban J connectivity index is 1.67. The number of allylic oxidation sites excluding steroid dienone is 1. The summed E-state index contributed by atoms with van der Waals surface area (Å²) in [6.07, 6.45) is 7.09. The van der Waals surface area contributed by atoms with E-state index in [4.69, 9.17) is 16.2 Å². The van der Waals surface area contributed by atoms with Crippen LogP contribution in [0.25, 0.3) is 27.5 Å². The molecule has 0 spiro atoms. The number of para-hydroxylation sites is 1. The summed E-state index contributed by atoms with van der Waals surface area (Å²) in [5, 5.41) is 14.4. The fraction of sp³-hybridized carbons (Fsp3) is 0.379. The summed E-state index contributed by atoms with van der Waals surface area (Å²) in [6.45, 7) is 2.66. The fourth-order valence-corrected chi connectivity index (χ4v) is 5.43. The minimum absolute atomic E-state index is 0.00653. The SMILES string of the molecule is CCC[C@@H](CO)Nc1nc(N)nc2c3ccccc3n(Cc3cc(C4=CC(N)CCC4)ccc3OC)c12. The lowest BCUT2D eigenvalue weighted by Gasteiger charge is -2.20. The van der Waals surface area contributed by atoms with Gasteiger partial charge in [-0.1, -0.05) is 43.7 Å². The molecule has 0 saturated carbocycles. The molecule has 8 heteroatoms. The Kier molecular flexibility index (Phi) is 7.30. The highest BCUT2D eigenvalue weighted by Gasteiger charge is 2.21. The number of nitrogens with two attached hydrogens (primary N) is 2. The van der Waals surface area contributed by atoms with Crippen molar-refractivity contribution in [3.05, 3.63) is 59.7 Å². The number of nitrogens with one attached hydrogen (secondary N) is 1. The van der Waals surface area contributed by atoms with Gasteiger partial charge in [0.15, 0.2) is 5.82 Å². The van der Waals surface area contributed by atoms with Crippen LogP contribution in [0.3, 0.4) is 0 Å². The number of aliphatic hydroxyl groups excluding tert-OH is 1. The van der Waals surface area contributed by atoms with Gasteiger partial charge >= 0.3 is 0 Å². The molecule has 6 N–H and O–H groups in total. The lowest BCUT2D eigenvalue weighted by Crippen LogP contribution is -2.25. The van der Waals surface area contributed by atoms with Gasteiger partial charge in [0.25, 0.3) is 0 Å². The van der Waals surface area contributed by atoms with E-state index in [0.717, 1.165) is 65.4 Å². The molecule has 1 aliphatic carbocycles. The topological polar surface area (TPSA) is 124 Å². The van der Waals surface area contributed by atoms with E-state index in [9.17, 15) is 5.11 Å². The van der Waals surface area contributed by atoms with E-state index in [0.29, 0.717) is 12.4 Å². The van der Waals surface area contributed by atoms with Gasteiger partial charge < -0.3 is 31.2 Å². The molecule has 2 atom stereocenters. The van der Waals surface area contributed by atoms with Crippen LogP contribution in [0.1, 0.15) is 50.2 Å². The molecule has 5 rings (SSSR count). The van der Waals surface area contributed by atoms with E-state index in [1.165, 1.54) is 11.1 Å². The van der Waals surface area contributed by atoms with Crippen LogP contribution < -0.4 is 21.5 Å². The second kappa shape index (κ2) is 10.8. The van der Waals surface area contributed by atoms with Crippen molar-refractivity contribution in [1.29, 1.82) is 0 Å². The predicted octanol–water partition coefficient (Wildman–Crippen LogP) is 4.69. The monoisotopic (exact) mass is 500 g/mol. The van der Waals surface area contributed by atoms with Gasteiger partial charge in [0.05, 0.1) is 31.8 Å². The Labute approximate surface area is 217 Å². The third-order valence-electron chi connectivity index (χ3n) is 7.20. The Bertz CT molecular complexity index is 1440. The van der Waals surface area contributed by atoms with Gasteiger partial charge in [0.1, 0.15) is 16.8 Å². The molecule has 1 unspecified atom stereocenters. The summed E-state index contributed by atoms with van der Waals surface area (Å²) < 4.78 is 8.01. The van der Waals surface area contributed by atoms with E-state index >= 15 is 0 Å². The maximum Gasteiger partial charge on any atom is 0.222 e. The van der Waals surface area contributed by atoms with Crippen molar-refractivity contribution in [2.45, 2.75) is 57.7 Å². The standard InChI is InChI=1S/C29H36N6O2/c1-3-7-22(17-36)32-28-27-26(33-29(31)34-28)23-10-4-5-11-24(23)35(27)16-20-14-19(12-13-25(20)37-2)18-8-6-9-21(30)15-18/h4-5,10-15,21-22,36H,3,6-9,16-17,30H2,1-2H3,(H3,31,32,33,34)/t21?,22-/m0/s1. The van der Waals surface area contributed by atoms with E-state index in [-0.39, 0.29) is 24.6 Å². The second-order valence-electron chi connectivity index (χ2n) is 9.82. The smallest absolute Gasteiger partial charge is 0.222 e. The number of hydrogen-bond acceptors (Lipinski definition) is 7. The molecule has 0 aliphatic heterocycles. The number of aromatic nitrogens is 3. The van der Waals surface area contributed by atoms with Gasteiger partial charge in [0.2, 0.25) is 5.95 Å². The minimum atomic E-state index is -0.130. The van der Waals surface area contributed by atoms with Gasteiger partial charge in [-0.2, -0.15) is 4.98 Å².